The van der Waals surface area contributed by atoms with Crippen LogP contribution in [0.5, 0.6) is 5.75 Å². The van der Waals surface area contributed by atoms with Crippen molar-refractivity contribution in [2.75, 3.05) is 19.0 Å². The van der Waals surface area contributed by atoms with E-state index in [1.807, 2.05) is 0 Å². The highest BCUT2D eigenvalue weighted by molar-refractivity contribution is 9.10. The lowest BCUT2D eigenvalue weighted by Crippen LogP contribution is -2.13. The number of hydrogen-bond donors (Lipinski definition) is 1. The fourth-order valence-corrected chi connectivity index (χ4v) is 2.64. The molecule has 0 atom stereocenters. The SMILES string of the molecule is COC(=O)COc1ccc(/C=C(\C#N)C(=O)Nc2cccc([N+](=O)[O-])c2)cc1Br. The number of benzene rings is 2. The fourth-order valence-electron chi connectivity index (χ4n) is 2.13. The number of nitro benzene ring substituents is 1. The average Bonchev–Trinajstić information content (AvgIpc) is 2.71. The van der Waals surface area contributed by atoms with Crippen molar-refractivity contribution < 1.29 is 24.0 Å². The van der Waals surface area contributed by atoms with Gasteiger partial charge in [-0.1, -0.05) is 12.1 Å². The van der Waals surface area contributed by atoms with Gasteiger partial charge in [-0.15, -0.1) is 0 Å². The van der Waals surface area contributed by atoms with E-state index in [2.05, 4.69) is 26.0 Å². The Morgan fingerprint density at radius 1 is 1.31 bits per heavy atom. The number of nitro groups is 1. The van der Waals surface area contributed by atoms with Crippen molar-refractivity contribution >= 4 is 45.3 Å². The summed E-state index contributed by atoms with van der Waals surface area (Å²) in [6, 6.07) is 11.9. The zero-order chi connectivity index (χ0) is 21.4. The van der Waals surface area contributed by atoms with Crippen molar-refractivity contribution in [2.24, 2.45) is 0 Å². The summed E-state index contributed by atoms with van der Waals surface area (Å²) in [7, 11) is 1.25. The van der Waals surface area contributed by atoms with Crippen LogP contribution >= 0.6 is 15.9 Å². The number of non-ortho nitro benzene ring substituents is 1. The molecule has 0 aliphatic heterocycles. The molecule has 2 aromatic carbocycles. The number of esters is 1. The third-order valence-corrected chi connectivity index (χ3v) is 4.14. The predicted molar refractivity (Wildman–Crippen MR) is 107 cm³/mol. The summed E-state index contributed by atoms with van der Waals surface area (Å²) in [5, 5.41) is 22.6. The number of ether oxygens (including phenoxy) is 2. The lowest BCUT2D eigenvalue weighted by molar-refractivity contribution is -0.384. The molecule has 0 heterocycles. The van der Waals surface area contributed by atoms with Gasteiger partial charge in [0.2, 0.25) is 0 Å². The summed E-state index contributed by atoms with van der Waals surface area (Å²) in [6.45, 7) is -0.265. The Bertz CT molecular complexity index is 1030. The number of carbonyl (C=O) groups is 2. The van der Waals surface area contributed by atoms with Crippen LogP contribution in [0.1, 0.15) is 5.56 Å². The van der Waals surface area contributed by atoms with E-state index in [-0.39, 0.29) is 23.6 Å². The normalized spacial score (nSPS) is 10.6. The molecule has 0 radical (unpaired) electrons. The number of nitriles is 1. The Morgan fingerprint density at radius 3 is 2.69 bits per heavy atom. The van der Waals surface area contributed by atoms with Gasteiger partial charge < -0.3 is 14.8 Å². The first-order valence-corrected chi connectivity index (χ1v) is 8.80. The Hall–Kier alpha value is -3.71. The molecule has 0 saturated carbocycles. The number of rotatable bonds is 7. The minimum atomic E-state index is -0.713. The van der Waals surface area contributed by atoms with Crippen LogP contribution in [0.4, 0.5) is 11.4 Å². The maximum Gasteiger partial charge on any atom is 0.343 e. The van der Waals surface area contributed by atoms with Crippen molar-refractivity contribution in [3.05, 3.63) is 68.2 Å². The maximum atomic E-state index is 12.3. The molecule has 148 valence electrons. The highest BCUT2D eigenvalue weighted by atomic mass is 79.9. The third-order valence-electron chi connectivity index (χ3n) is 3.52. The summed E-state index contributed by atoms with van der Waals surface area (Å²) in [6.07, 6.45) is 1.35. The number of methoxy groups -OCH3 is 1. The van der Waals surface area contributed by atoms with Gasteiger partial charge in [-0.3, -0.25) is 14.9 Å². The zero-order valence-electron chi connectivity index (χ0n) is 15.0. The van der Waals surface area contributed by atoms with Gasteiger partial charge in [0.05, 0.1) is 16.5 Å². The maximum absolute atomic E-state index is 12.3. The van der Waals surface area contributed by atoms with E-state index >= 15 is 0 Å². The van der Waals surface area contributed by atoms with Crippen molar-refractivity contribution in [3.8, 4) is 11.8 Å². The molecule has 29 heavy (non-hydrogen) atoms. The number of nitrogens with one attached hydrogen (secondary N) is 1. The fraction of sp³-hybridized carbons (Fsp3) is 0.105. The first kappa shape index (κ1) is 21.6. The van der Waals surface area contributed by atoms with Crippen molar-refractivity contribution in [3.63, 3.8) is 0 Å². The summed E-state index contributed by atoms with van der Waals surface area (Å²) < 4.78 is 10.3. The summed E-state index contributed by atoms with van der Waals surface area (Å²) >= 11 is 3.29. The largest absolute Gasteiger partial charge is 0.481 e. The van der Waals surface area contributed by atoms with E-state index in [0.717, 1.165) is 0 Å². The van der Waals surface area contributed by atoms with Gasteiger partial charge in [0, 0.05) is 17.8 Å². The molecular weight excluding hydrogens is 446 g/mol. The topological polar surface area (TPSA) is 132 Å². The van der Waals surface area contributed by atoms with Crippen LogP contribution in [0, 0.1) is 21.4 Å². The molecule has 0 fully saturated rings. The number of hydrogen-bond acceptors (Lipinski definition) is 7. The van der Waals surface area contributed by atoms with Crippen molar-refractivity contribution in [1.82, 2.24) is 0 Å². The van der Waals surface area contributed by atoms with E-state index in [9.17, 15) is 25.0 Å². The highest BCUT2D eigenvalue weighted by Crippen LogP contribution is 2.27. The van der Waals surface area contributed by atoms with Crippen LogP contribution in [-0.2, 0) is 14.3 Å². The second-order valence-electron chi connectivity index (χ2n) is 5.49. The van der Waals surface area contributed by atoms with E-state index in [1.165, 1.54) is 37.5 Å². The van der Waals surface area contributed by atoms with Crippen molar-refractivity contribution in [1.29, 1.82) is 5.26 Å². The van der Waals surface area contributed by atoms with Gasteiger partial charge in [0.15, 0.2) is 6.61 Å². The Kier molecular flexibility index (Phi) is 7.45. The summed E-state index contributed by atoms with van der Waals surface area (Å²) in [5.74, 6) is -0.868. The molecule has 1 amide bonds. The second-order valence-corrected chi connectivity index (χ2v) is 6.34. The van der Waals surface area contributed by atoms with Crippen LogP contribution in [0.2, 0.25) is 0 Å². The number of halogens is 1. The molecule has 0 saturated heterocycles. The van der Waals surface area contributed by atoms with Crippen LogP contribution in [0.15, 0.2) is 52.5 Å². The molecule has 2 aromatic rings. The van der Waals surface area contributed by atoms with Crippen molar-refractivity contribution in [2.45, 2.75) is 0 Å². The Morgan fingerprint density at radius 2 is 2.07 bits per heavy atom. The molecule has 10 heteroatoms. The minimum absolute atomic E-state index is 0.184. The van der Waals surface area contributed by atoms with Gasteiger partial charge in [0.1, 0.15) is 17.4 Å². The molecule has 0 aromatic heterocycles. The second kappa shape index (κ2) is 10.0. The predicted octanol–water partition coefficient (Wildman–Crippen LogP) is 3.45. The van der Waals surface area contributed by atoms with Gasteiger partial charge >= 0.3 is 5.97 Å². The summed E-state index contributed by atoms with van der Waals surface area (Å²) in [4.78, 5) is 33.7. The van der Waals surface area contributed by atoms with Gasteiger partial charge in [0.25, 0.3) is 11.6 Å². The third kappa shape index (κ3) is 6.15. The average molecular weight is 460 g/mol. The van der Waals surface area contributed by atoms with E-state index in [0.29, 0.717) is 15.8 Å². The van der Waals surface area contributed by atoms with E-state index in [1.54, 1.807) is 24.3 Å². The van der Waals surface area contributed by atoms with Gasteiger partial charge in [-0.25, -0.2) is 4.79 Å². The number of anilines is 1. The lowest BCUT2D eigenvalue weighted by atomic mass is 10.1. The first-order valence-electron chi connectivity index (χ1n) is 8.01. The molecule has 2 rings (SSSR count). The van der Waals surface area contributed by atoms with Crippen LogP contribution < -0.4 is 10.1 Å². The van der Waals surface area contributed by atoms with Crippen LogP contribution in [-0.4, -0.2) is 30.5 Å². The molecule has 0 spiro atoms. The van der Waals surface area contributed by atoms with Gasteiger partial charge in [-0.2, -0.15) is 5.26 Å². The van der Waals surface area contributed by atoms with E-state index in [4.69, 9.17) is 4.74 Å². The number of nitrogens with zero attached hydrogens (tertiary/aromatic N) is 2. The highest BCUT2D eigenvalue weighted by Gasteiger charge is 2.13. The molecule has 0 unspecified atom stereocenters. The zero-order valence-corrected chi connectivity index (χ0v) is 16.6. The number of carbonyl (C=O) groups excluding carboxylic acids is 2. The molecule has 0 aliphatic carbocycles. The smallest absolute Gasteiger partial charge is 0.343 e. The Balaban J connectivity index is 2.16. The molecule has 0 aliphatic rings. The standard InChI is InChI=1S/C19H14BrN3O6/c1-28-18(24)11-29-17-6-5-12(8-16(17)20)7-13(10-21)19(25)22-14-3-2-4-15(9-14)23(26)27/h2-9H,11H2,1H3,(H,22,25)/b13-7+. The monoisotopic (exact) mass is 459 g/mol. The quantitative estimate of drug-likeness (QED) is 0.220. The Labute approximate surface area is 173 Å². The van der Waals surface area contributed by atoms with Crippen LogP contribution in [0.25, 0.3) is 6.08 Å². The minimum Gasteiger partial charge on any atom is -0.481 e. The van der Waals surface area contributed by atoms with Crippen LogP contribution in [0.3, 0.4) is 0 Å². The summed E-state index contributed by atoms with van der Waals surface area (Å²) in [5.41, 5.74) is 0.328. The van der Waals surface area contributed by atoms with Gasteiger partial charge in [-0.05, 0) is 45.8 Å². The molecule has 9 nitrogen and oxygen atoms in total. The van der Waals surface area contributed by atoms with E-state index < -0.39 is 16.8 Å². The lowest BCUT2D eigenvalue weighted by Gasteiger charge is -2.08. The molecular formula is C19H14BrN3O6. The molecule has 0 bridgehead atoms. The number of amides is 1. The molecule has 1 N–H and O–H groups in total. The first-order chi connectivity index (χ1) is 13.8.